The number of aliphatic imine (C=N–C) groups is 1. The Kier molecular flexibility index (Phi) is 7.08. The van der Waals surface area contributed by atoms with Gasteiger partial charge in [-0.25, -0.2) is 4.79 Å². The minimum absolute atomic E-state index is 0.0996. The molecule has 6 heteroatoms. The van der Waals surface area contributed by atoms with Gasteiger partial charge in [0.05, 0.1) is 4.24 Å². The molecule has 0 radical (unpaired) electrons. The first-order valence-electron chi connectivity index (χ1n) is 12.6. The molecule has 38 heavy (non-hydrogen) atoms. The fourth-order valence-corrected chi connectivity index (χ4v) is 7.78. The number of allylic oxidation sites excluding steroid dienone is 1. The molecule has 0 saturated heterocycles. The number of benzene rings is 4. The number of carbonyl (C=O) groups is 1. The Morgan fingerprint density at radius 3 is 1.92 bits per heavy atom. The minimum atomic E-state index is -1.01. The standard InChI is InChI=1S/C32H24BNO2S2/c35-31(36)28(32-37-27-21-20-22-12-10-11-19-26(22)29(27)38-32)34-30(23-13-4-1-5-14-23)33(24-15-6-2-7-16-24)25-17-8-3-9-18-25/h1-19H,20-21H2,(H,35,36). The lowest BCUT2D eigenvalue weighted by Gasteiger charge is -2.19. The van der Waals surface area contributed by atoms with Crippen LogP contribution in [-0.2, 0) is 11.2 Å². The van der Waals surface area contributed by atoms with Crippen LogP contribution in [0.2, 0.25) is 0 Å². The highest BCUT2D eigenvalue weighted by molar-refractivity contribution is 8.31. The van der Waals surface area contributed by atoms with Crippen molar-refractivity contribution in [2.75, 3.05) is 0 Å². The maximum Gasteiger partial charge on any atom is 0.356 e. The number of aryl methyl sites for hydroxylation is 1. The van der Waals surface area contributed by atoms with Crippen LogP contribution in [0.25, 0.3) is 4.91 Å². The maximum atomic E-state index is 12.8. The Balaban J connectivity index is 1.52. The Morgan fingerprint density at radius 2 is 1.29 bits per heavy atom. The summed E-state index contributed by atoms with van der Waals surface area (Å²) in [7, 11) is 0. The van der Waals surface area contributed by atoms with Crippen molar-refractivity contribution >= 4 is 57.6 Å². The molecule has 2 aliphatic rings. The number of fused-ring (bicyclic) bond motifs is 2. The van der Waals surface area contributed by atoms with Crippen molar-refractivity contribution in [2.24, 2.45) is 4.99 Å². The number of nitrogens with zero attached hydrogens (tertiary/aromatic N) is 1. The number of hydrogen-bond acceptors (Lipinski definition) is 4. The summed E-state index contributed by atoms with van der Waals surface area (Å²) in [5, 5.41) is 10.5. The molecule has 1 heterocycles. The van der Waals surface area contributed by atoms with Crippen LogP contribution in [0.1, 0.15) is 23.1 Å². The molecule has 0 bridgehead atoms. The number of carboxylic acid groups (broad SMARTS) is 1. The third kappa shape index (κ3) is 4.90. The van der Waals surface area contributed by atoms with Gasteiger partial charge >= 0.3 is 5.97 Å². The van der Waals surface area contributed by atoms with Gasteiger partial charge in [0.2, 0.25) is 0 Å². The summed E-state index contributed by atoms with van der Waals surface area (Å²) in [6, 6.07) is 38.8. The second-order valence-corrected chi connectivity index (χ2v) is 11.6. The van der Waals surface area contributed by atoms with E-state index in [0.717, 1.165) is 39.2 Å². The van der Waals surface area contributed by atoms with Gasteiger partial charge in [0.1, 0.15) is 0 Å². The lowest BCUT2D eigenvalue weighted by atomic mass is 9.36. The molecule has 3 nitrogen and oxygen atoms in total. The van der Waals surface area contributed by atoms with Gasteiger partial charge in [0.25, 0.3) is 6.71 Å². The Labute approximate surface area is 231 Å². The highest BCUT2D eigenvalue weighted by Gasteiger charge is 2.33. The van der Waals surface area contributed by atoms with Crippen LogP contribution in [0.5, 0.6) is 0 Å². The van der Waals surface area contributed by atoms with E-state index in [1.165, 1.54) is 20.9 Å². The van der Waals surface area contributed by atoms with E-state index in [0.29, 0.717) is 0 Å². The van der Waals surface area contributed by atoms with Crippen LogP contribution in [0.3, 0.4) is 0 Å². The topological polar surface area (TPSA) is 49.7 Å². The summed E-state index contributed by atoms with van der Waals surface area (Å²) in [5.41, 5.74) is 6.38. The van der Waals surface area contributed by atoms with Crippen LogP contribution in [-0.4, -0.2) is 23.4 Å². The molecule has 184 valence electrons. The number of hydrogen-bond donors (Lipinski definition) is 1. The van der Waals surface area contributed by atoms with Gasteiger partial charge in [-0.3, -0.25) is 4.99 Å². The maximum absolute atomic E-state index is 12.8. The van der Waals surface area contributed by atoms with Crippen molar-refractivity contribution in [1.82, 2.24) is 0 Å². The van der Waals surface area contributed by atoms with Gasteiger partial charge in [0.15, 0.2) is 5.70 Å². The van der Waals surface area contributed by atoms with Crippen molar-refractivity contribution < 1.29 is 9.90 Å². The predicted octanol–water partition coefficient (Wildman–Crippen LogP) is 6.37. The van der Waals surface area contributed by atoms with Crippen molar-refractivity contribution in [2.45, 2.75) is 12.8 Å². The van der Waals surface area contributed by atoms with Crippen LogP contribution < -0.4 is 10.9 Å². The first kappa shape index (κ1) is 24.6. The average molecular weight is 529 g/mol. The SMILES string of the molecule is O=C(O)C(N=C(B(c1ccccc1)c1ccccc1)c1ccccc1)=C1SC2=C(S1)c1ccccc1CC2. The van der Waals surface area contributed by atoms with Crippen molar-refractivity contribution in [3.05, 3.63) is 147 Å². The van der Waals surface area contributed by atoms with E-state index in [2.05, 4.69) is 48.5 Å². The average Bonchev–Trinajstić information content (AvgIpc) is 3.41. The van der Waals surface area contributed by atoms with Crippen molar-refractivity contribution in [3.8, 4) is 0 Å². The zero-order chi connectivity index (χ0) is 25.9. The van der Waals surface area contributed by atoms with E-state index in [4.69, 9.17) is 4.99 Å². The summed E-state index contributed by atoms with van der Waals surface area (Å²) >= 11 is 3.12. The van der Waals surface area contributed by atoms with Gasteiger partial charge in [-0.1, -0.05) is 150 Å². The molecule has 6 rings (SSSR count). The second kappa shape index (κ2) is 10.9. The van der Waals surface area contributed by atoms with Crippen LogP contribution >= 0.6 is 23.5 Å². The van der Waals surface area contributed by atoms with E-state index < -0.39 is 5.97 Å². The predicted molar refractivity (Wildman–Crippen MR) is 162 cm³/mol. The summed E-state index contributed by atoms with van der Waals surface area (Å²) < 4.78 is 0.729. The summed E-state index contributed by atoms with van der Waals surface area (Å²) in [4.78, 5) is 20.2. The molecule has 0 amide bonds. The molecule has 0 atom stereocenters. The fourth-order valence-electron chi connectivity index (χ4n) is 5.01. The monoisotopic (exact) mass is 529 g/mol. The summed E-state index contributed by atoms with van der Waals surface area (Å²) in [6.07, 6.45) is 1.90. The zero-order valence-electron chi connectivity index (χ0n) is 20.6. The van der Waals surface area contributed by atoms with Crippen LogP contribution in [0.4, 0.5) is 0 Å². The molecule has 1 N–H and O–H groups in total. The number of carboxylic acids is 1. The molecule has 1 aliphatic heterocycles. The van der Waals surface area contributed by atoms with E-state index in [1.807, 2.05) is 66.7 Å². The van der Waals surface area contributed by atoms with E-state index in [9.17, 15) is 9.90 Å². The lowest BCUT2D eigenvalue weighted by Crippen LogP contribution is -2.49. The molecule has 4 aromatic rings. The van der Waals surface area contributed by atoms with E-state index in [-0.39, 0.29) is 12.4 Å². The van der Waals surface area contributed by atoms with Crippen LogP contribution in [0.15, 0.2) is 135 Å². The third-order valence-electron chi connectivity index (χ3n) is 6.78. The molecule has 0 spiro atoms. The first-order chi connectivity index (χ1) is 18.7. The van der Waals surface area contributed by atoms with Gasteiger partial charge in [-0.15, -0.1) is 0 Å². The van der Waals surface area contributed by atoms with Gasteiger partial charge in [-0.05, 0) is 29.5 Å². The quantitative estimate of drug-likeness (QED) is 0.179. The minimum Gasteiger partial charge on any atom is -0.476 e. The molecule has 0 fully saturated rings. The van der Waals surface area contributed by atoms with Gasteiger partial charge in [0, 0.05) is 15.4 Å². The second-order valence-electron chi connectivity index (χ2n) is 9.17. The Bertz CT molecular complexity index is 1540. The molecule has 0 saturated carbocycles. The van der Waals surface area contributed by atoms with Crippen molar-refractivity contribution in [1.29, 1.82) is 0 Å². The molecule has 0 aromatic heterocycles. The summed E-state index contributed by atoms with van der Waals surface area (Å²) in [5.74, 6) is -1.01. The molecular formula is C32H24BNO2S2. The lowest BCUT2D eigenvalue weighted by molar-refractivity contribution is -0.132. The highest BCUT2D eigenvalue weighted by atomic mass is 32.2. The largest absolute Gasteiger partial charge is 0.476 e. The molecular weight excluding hydrogens is 505 g/mol. The van der Waals surface area contributed by atoms with Crippen molar-refractivity contribution in [3.63, 3.8) is 0 Å². The normalized spacial score (nSPS) is 16.1. The van der Waals surface area contributed by atoms with Gasteiger partial charge in [-0.2, -0.15) is 0 Å². The zero-order valence-corrected chi connectivity index (χ0v) is 22.2. The third-order valence-corrected chi connectivity index (χ3v) is 9.50. The van der Waals surface area contributed by atoms with E-state index in [1.54, 1.807) is 23.5 Å². The molecule has 0 unspecified atom stereocenters. The number of aliphatic carboxylic acids is 1. The number of thioether (sulfide) groups is 2. The Hall–Kier alpha value is -3.74. The van der Waals surface area contributed by atoms with Crippen LogP contribution in [0, 0.1) is 0 Å². The first-order valence-corrected chi connectivity index (χ1v) is 14.2. The number of rotatable bonds is 6. The highest BCUT2D eigenvalue weighted by Crippen LogP contribution is 2.58. The molecule has 4 aromatic carbocycles. The Morgan fingerprint density at radius 1 is 0.711 bits per heavy atom. The molecule has 1 aliphatic carbocycles. The fraction of sp³-hybridized carbons (Fsp3) is 0.0625. The van der Waals surface area contributed by atoms with E-state index >= 15 is 0 Å². The van der Waals surface area contributed by atoms with Gasteiger partial charge < -0.3 is 5.11 Å². The summed E-state index contributed by atoms with van der Waals surface area (Å²) in [6.45, 7) is -0.227. The smallest absolute Gasteiger partial charge is 0.356 e.